The highest BCUT2D eigenvalue weighted by Crippen LogP contribution is 2.20. The van der Waals surface area contributed by atoms with Gasteiger partial charge in [-0.15, -0.1) is 0 Å². The number of amides is 1. The van der Waals surface area contributed by atoms with E-state index in [9.17, 15) is 9.59 Å². The molecule has 1 amide bonds. The fourth-order valence-corrected chi connectivity index (χ4v) is 1.67. The van der Waals surface area contributed by atoms with Crippen molar-refractivity contribution in [2.45, 2.75) is 12.5 Å². The van der Waals surface area contributed by atoms with Crippen LogP contribution in [0.15, 0.2) is 36.9 Å². The van der Waals surface area contributed by atoms with E-state index < -0.39 is 18.1 Å². The highest BCUT2D eigenvalue weighted by atomic mass is 35.5. The van der Waals surface area contributed by atoms with Crippen LogP contribution in [-0.2, 0) is 9.53 Å². The number of carboxylic acid groups (broad SMARTS) is 1. The molecular formula is C13H14ClNO4. The lowest BCUT2D eigenvalue weighted by atomic mass is 10.0. The van der Waals surface area contributed by atoms with Crippen molar-refractivity contribution in [1.29, 1.82) is 0 Å². The first-order chi connectivity index (χ1) is 9.02. The van der Waals surface area contributed by atoms with Crippen molar-refractivity contribution in [3.8, 4) is 0 Å². The number of halogens is 1. The highest BCUT2D eigenvalue weighted by molar-refractivity contribution is 6.30. The molecule has 0 aliphatic carbocycles. The normalized spacial score (nSPS) is 11.4. The fraction of sp³-hybridized carbons (Fsp3) is 0.231. The number of nitrogens with one attached hydrogen (secondary N) is 1. The Morgan fingerprint density at radius 3 is 2.84 bits per heavy atom. The van der Waals surface area contributed by atoms with Crippen molar-refractivity contribution >= 4 is 23.7 Å². The summed E-state index contributed by atoms with van der Waals surface area (Å²) in [5.41, 5.74) is 0.602. The van der Waals surface area contributed by atoms with Gasteiger partial charge in [0.15, 0.2) is 0 Å². The average Bonchev–Trinajstić information content (AvgIpc) is 2.35. The number of aliphatic carboxylic acids is 1. The van der Waals surface area contributed by atoms with Crippen molar-refractivity contribution in [2.75, 3.05) is 6.61 Å². The zero-order valence-corrected chi connectivity index (χ0v) is 10.9. The summed E-state index contributed by atoms with van der Waals surface area (Å²) >= 11 is 5.84. The molecule has 1 rings (SSSR count). The van der Waals surface area contributed by atoms with Gasteiger partial charge in [-0.1, -0.05) is 36.4 Å². The van der Waals surface area contributed by atoms with Crippen LogP contribution >= 0.6 is 11.6 Å². The van der Waals surface area contributed by atoms with E-state index in [1.807, 2.05) is 0 Å². The standard InChI is InChI=1S/C13H14ClNO4/c1-2-6-19-13(18)15-11(8-12(16)17)9-4-3-5-10(14)7-9/h2-5,7,11H,1,6,8H2,(H,15,18)(H,16,17)/t11-/m0/s1. The second-order valence-electron chi connectivity index (χ2n) is 3.74. The van der Waals surface area contributed by atoms with Gasteiger partial charge in [0, 0.05) is 5.02 Å². The molecule has 1 aromatic rings. The Morgan fingerprint density at radius 1 is 1.53 bits per heavy atom. The lowest BCUT2D eigenvalue weighted by Crippen LogP contribution is -2.30. The minimum atomic E-state index is -1.03. The molecule has 0 aliphatic heterocycles. The Bertz CT molecular complexity index is 475. The molecule has 0 heterocycles. The summed E-state index contributed by atoms with van der Waals surface area (Å²) in [6.07, 6.45) is 0.459. The van der Waals surface area contributed by atoms with Crippen LogP contribution in [0, 0.1) is 0 Å². The predicted molar refractivity (Wildman–Crippen MR) is 71.1 cm³/mol. The van der Waals surface area contributed by atoms with Crippen molar-refractivity contribution in [2.24, 2.45) is 0 Å². The molecule has 0 aromatic heterocycles. The molecule has 0 saturated carbocycles. The van der Waals surface area contributed by atoms with Crippen LogP contribution in [0.25, 0.3) is 0 Å². The zero-order chi connectivity index (χ0) is 14.3. The summed E-state index contributed by atoms with van der Waals surface area (Å²) in [7, 11) is 0. The quantitative estimate of drug-likeness (QED) is 0.787. The number of ether oxygens (including phenoxy) is 1. The van der Waals surface area contributed by atoms with Crippen molar-refractivity contribution in [3.05, 3.63) is 47.5 Å². The molecule has 19 heavy (non-hydrogen) atoms. The molecule has 0 fully saturated rings. The number of rotatable bonds is 6. The fourth-order valence-electron chi connectivity index (χ4n) is 1.47. The number of carbonyl (C=O) groups is 2. The molecule has 1 aromatic carbocycles. The second kappa shape index (κ2) is 7.43. The molecule has 2 N–H and O–H groups in total. The molecule has 0 bridgehead atoms. The Kier molecular flexibility index (Phi) is 5.89. The number of benzene rings is 1. The molecule has 0 aliphatic rings. The molecule has 5 nitrogen and oxygen atoms in total. The average molecular weight is 284 g/mol. The third-order valence-corrected chi connectivity index (χ3v) is 2.49. The first-order valence-corrected chi connectivity index (χ1v) is 5.92. The Labute approximate surface area is 115 Å². The van der Waals surface area contributed by atoms with Gasteiger partial charge < -0.3 is 15.2 Å². The molecule has 0 saturated heterocycles. The van der Waals surface area contributed by atoms with E-state index in [1.165, 1.54) is 6.08 Å². The number of carbonyl (C=O) groups excluding carboxylic acids is 1. The van der Waals surface area contributed by atoms with E-state index in [2.05, 4.69) is 11.9 Å². The van der Waals surface area contributed by atoms with Gasteiger partial charge >= 0.3 is 12.1 Å². The topological polar surface area (TPSA) is 75.6 Å². The third-order valence-electron chi connectivity index (χ3n) is 2.25. The SMILES string of the molecule is C=CCOC(=O)N[C@@H](CC(=O)O)c1cccc(Cl)c1. The van der Waals surface area contributed by atoms with Crippen molar-refractivity contribution in [1.82, 2.24) is 5.32 Å². The number of alkyl carbamates (subject to hydrolysis) is 1. The number of hydrogen-bond acceptors (Lipinski definition) is 3. The van der Waals surface area contributed by atoms with Gasteiger partial charge in [-0.25, -0.2) is 4.79 Å². The molecule has 6 heteroatoms. The van der Waals surface area contributed by atoms with Crippen LogP contribution in [0.4, 0.5) is 4.79 Å². The van der Waals surface area contributed by atoms with Crippen LogP contribution in [-0.4, -0.2) is 23.8 Å². The maximum atomic E-state index is 11.4. The third kappa shape index (κ3) is 5.44. The highest BCUT2D eigenvalue weighted by Gasteiger charge is 2.18. The van der Waals surface area contributed by atoms with Gasteiger partial charge in [0.25, 0.3) is 0 Å². The zero-order valence-electron chi connectivity index (χ0n) is 10.1. The van der Waals surface area contributed by atoms with E-state index in [0.29, 0.717) is 10.6 Å². The van der Waals surface area contributed by atoms with Gasteiger partial charge in [0.2, 0.25) is 0 Å². The van der Waals surface area contributed by atoms with E-state index in [4.69, 9.17) is 21.4 Å². The number of carboxylic acids is 1. The summed E-state index contributed by atoms with van der Waals surface area (Å²) in [5.74, 6) is -1.03. The van der Waals surface area contributed by atoms with Crippen LogP contribution in [0.1, 0.15) is 18.0 Å². The van der Waals surface area contributed by atoms with E-state index in [0.717, 1.165) is 0 Å². The monoisotopic (exact) mass is 283 g/mol. The first kappa shape index (κ1) is 15.0. The van der Waals surface area contributed by atoms with E-state index >= 15 is 0 Å². The molecule has 0 radical (unpaired) electrons. The second-order valence-corrected chi connectivity index (χ2v) is 4.17. The van der Waals surface area contributed by atoms with E-state index in [-0.39, 0.29) is 13.0 Å². The Hall–Kier alpha value is -2.01. The van der Waals surface area contributed by atoms with Crippen LogP contribution < -0.4 is 5.32 Å². The largest absolute Gasteiger partial charge is 0.481 e. The van der Waals surface area contributed by atoms with Gasteiger partial charge in [-0.3, -0.25) is 4.79 Å². The van der Waals surface area contributed by atoms with Crippen molar-refractivity contribution in [3.63, 3.8) is 0 Å². The molecule has 1 atom stereocenters. The molecule has 0 unspecified atom stereocenters. The van der Waals surface area contributed by atoms with Gasteiger partial charge in [-0.05, 0) is 17.7 Å². The van der Waals surface area contributed by atoms with Crippen LogP contribution in [0.3, 0.4) is 0 Å². The first-order valence-electron chi connectivity index (χ1n) is 5.54. The Morgan fingerprint density at radius 2 is 2.26 bits per heavy atom. The minimum Gasteiger partial charge on any atom is -0.481 e. The maximum absolute atomic E-state index is 11.4. The van der Waals surface area contributed by atoms with Crippen LogP contribution in [0.5, 0.6) is 0 Å². The van der Waals surface area contributed by atoms with Crippen molar-refractivity contribution < 1.29 is 19.4 Å². The number of hydrogen-bond donors (Lipinski definition) is 2. The maximum Gasteiger partial charge on any atom is 0.407 e. The summed E-state index contributed by atoms with van der Waals surface area (Å²) < 4.78 is 4.76. The lowest BCUT2D eigenvalue weighted by Gasteiger charge is -2.17. The van der Waals surface area contributed by atoms with Gasteiger partial charge in [-0.2, -0.15) is 0 Å². The summed E-state index contributed by atoms with van der Waals surface area (Å²) in [6, 6.07) is 5.94. The summed E-state index contributed by atoms with van der Waals surface area (Å²) in [5, 5.41) is 11.8. The molecular weight excluding hydrogens is 270 g/mol. The lowest BCUT2D eigenvalue weighted by molar-refractivity contribution is -0.137. The van der Waals surface area contributed by atoms with Gasteiger partial charge in [0.1, 0.15) is 6.61 Å². The predicted octanol–water partition coefficient (Wildman–Crippen LogP) is 2.77. The van der Waals surface area contributed by atoms with E-state index in [1.54, 1.807) is 24.3 Å². The summed E-state index contributed by atoms with van der Waals surface area (Å²) in [6.45, 7) is 3.47. The molecule has 0 spiro atoms. The van der Waals surface area contributed by atoms with Crippen LogP contribution in [0.2, 0.25) is 5.02 Å². The molecule has 102 valence electrons. The van der Waals surface area contributed by atoms with Gasteiger partial charge in [0.05, 0.1) is 12.5 Å². The Balaban J connectivity index is 2.79. The smallest absolute Gasteiger partial charge is 0.407 e. The minimum absolute atomic E-state index is 0.0567. The summed E-state index contributed by atoms with van der Waals surface area (Å²) in [4.78, 5) is 22.3.